The third-order valence-electron chi connectivity index (χ3n) is 6.96. The number of carbonyl (C=O) groups is 3. The van der Waals surface area contributed by atoms with Gasteiger partial charge in [0.25, 0.3) is 0 Å². The molecule has 5 heteroatoms. The van der Waals surface area contributed by atoms with Gasteiger partial charge in [-0.05, 0) is 31.1 Å². The molecule has 4 atom stereocenters. The fourth-order valence-corrected chi connectivity index (χ4v) is 5.29. The maximum absolute atomic E-state index is 13.2. The molecule has 0 bridgehead atoms. The summed E-state index contributed by atoms with van der Waals surface area (Å²) in [6.07, 6.45) is 11.7. The van der Waals surface area contributed by atoms with Crippen LogP contribution in [0.4, 0.5) is 0 Å². The highest BCUT2D eigenvalue weighted by Crippen LogP contribution is 2.52. The Labute approximate surface area is 169 Å². The van der Waals surface area contributed by atoms with Gasteiger partial charge in [0.05, 0.1) is 24.4 Å². The lowest BCUT2D eigenvalue weighted by Crippen LogP contribution is -2.46. The van der Waals surface area contributed by atoms with E-state index in [0.29, 0.717) is 13.0 Å². The highest BCUT2D eigenvalue weighted by atomic mass is 16.6. The SMILES string of the molecule is CCCCCCOC(=O)C1CCCCCCCC1(CC)C1C(=O)OC(=O)C1C. The van der Waals surface area contributed by atoms with Crippen molar-refractivity contribution < 1.29 is 23.9 Å². The number of ether oxygens (including phenoxy) is 2. The van der Waals surface area contributed by atoms with E-state index in [4.69, 9.17) is 9.47 Å². The molecule has 0 aromatic heterocycles. The van der Waals surface area contributed by atoms with E-state index in [1.807, 2.05) is 6.92 Å². The highest BCUT2D eigenvalue weighted by Gasteiger charge is 2.57. The van der Waals surface area contributed by atoms with Gasteiger partial charge in [0.15, 0.2) is 0 Å². The molecule has 1 saturated carbocycles. The molecule has 0 N–H and O–H groups in total. The summed E-state index contributed by atoms with van der Waals surface area (Å²) < 4.78 is 10.7. The van der Waals surface area contributed by atoms with Gasteiger partial charge in [-0.25, -0.2) is 0 Å². The lowest BCUT2D eigenvalue weighted by molar-refractivity contribution is -0.161. The highest BCUT2D eigenvalue weighted by molar-refractivity contribution is 5.97. The number of esters is 3. The second kappa shape index (κ2) is 11.0. The molecular formula is C23H38O5. The van der Waals surface area contributed by atoms with Gasteiger partial charge < -0.3 is 9.47 Å². The van der Waals surface area contributed by atoms with E-state index in [2.05, 4.69) is 6.92 Å². The van der Waals surface area contributed by atoms with Crippen LogP contribution >= 0.6 is 0 Å². The number of hydrogen-bond acceptors (Lipinski definition) is 5. The molecule has 0 radical (unpaired) electrons. The number of rotatable bonds is 8. The standard InChI is InChI=1S/C23H38O5/c1-4-6-7-13-16-27-21(25)18-14-11-9-8-10-12-15-23(18,5-2)19-17(3)20(24)28-22(19)26/h17-19H,4-16H2,1-3H3. The predicted molar refractivity (Wildman–Crippen MR) is 107 cm³/mol. The summed E-state index contributed by atoms with van der Waals surface area (Å²) in [7, 11) is 0. The molecule has 4 unspecified atom stereocenters. The molecule has 1 aliphatic heterocycles. The van der Waals surface area contributed by atoms with Crippen LogP contribution in [-0.2, 0) is 23.9 Å². The van der Waals surface area contributed by atoms with Crippen molar-refractivity contribution in [2.24, 2.45) is 23.2 Å². The van der Waals surface area contributed by atoms with Gasteiger partial charge in [-0.3, -0.25) is 14.4 Å². The summed E-state index contributed by atoms with van der Waals surface area (Å²) in [6.45, 7) is 6.41. The van der Waals surface area contributed by atoms with Crippen LogP contribution in [0.5, 0.6) is 0 Å². The number of hydrogen-bond donors (Lipinski definition) is 0. The Morgan fingerprint density at radius 1 is 1.04 bits per heavy atom. The lowest BCUT2D eigenvalue weighted by atomic mass is 9.58. The molecule has 2 rings (SSSR count). The van der Waals surface area contributed by atoms with E-state index in [9.17, 15) is 14.4 Å². The van der Waals surface area contributed by atoms with E-state index in [-0.39, 0.29) is 11.9 Å². The summed E-state index contributed by atoms with van der Waals surface area (Å²) in [5.74, 6) is -2.45. The largest absolute Gasteiger partial charge is 0.465 e. The number of cyclic esters (lactones) is 2. The first kappa shape index (κ1) is 22.9. The maximum atomic E-state index is 13.2. The molecule has 1 saturated heterocycles. The number of unbranched alkanes of at least 4 members (excludes halogenated alkanes) is 3. The first-order valence-electron chi connectivity index (χ1n) is 11.4. The molecule has 5 nitrogen and oxygen atoms in total. The topological polar surface area (TPSA) is 69.7 Å². The normalized spacial score (nSPS) is 31.6. The molecule has 160 valence electrons. The Balaban J connectivity index is 2.25. The molecule has 1 heterocycles. The lowest BCUT2D eigenvalue weighted by Gasteiger charge is -2.43. The second-order valence-electron chi connectivity index (χ2n) is 8.68. The summed E-state index contributed by atoms with van der Waals surface area (Å²) in [5.41, 5.74) is -0.548. The third kappa shape index (κ3) is 5.15. The molecule has 0 aromatic carbocycles. The zero-order valence-electron chi connectivity index (χ0n) is 18.0. The summed E-state index contributed by atoms with van der Waals surface area (Å²) in [5, 5.41) is 0. The molecule has 1 aliphatic carbocycles. The fourth-order valence-electron chi connectivity index (χ4n) is 5.29. The van der Waals surface area contributed by atoms with Gasteiger partial charge >= 0.3 is 17.9 Å². The zero-order chi connectivity index (χ0) is 20.6. The fraction of sp³-hybridized carbons (Fsp3) is 0.870. The molecule has 28 heavy (non-hydrogen) atoms. The van der Waals surface area contributed by atoms with Crippen molar-refractivity contribution in [3.05, 3.63) is 0 Å². The van der Waals surface area contributed by atoms with Crippen LogP contribution in [0.3, 0.4) is 0 Å². The van der Waals surface area contributed by atoms with Crippen molar-refractivity contribution in [1.82, 2.24) is 0 Å². The van der Waals surface area contributed by atoms with E-state index in [0.717, 1.165) is 70.6 Å². The molecule has 0 aromatic rings. The van der Waals surface area contributed by atoms with Gasteiger partial charge in [-0.2, -0.15) is 0 Å². The van der Waals surface area contributed by atoms with Crippen LogP contribution in [0.2, 0.25) is 0 Å². The molecule has 2 fully saturated rings. The van der Waals surface area contributed by atoms with Crippen molar-refractivity contribution in [3.63, 3.8) is 0 Å². The smallest absolute Gasteiger partial charge is 0.318 e. The molecule has 0 spiro atoms. The monoisotopic (exact) mass is 394 g/mol. The Bertz CT molecular complexity index is 543. The predicted octanol–water partition coefficient (Wildman–Crippen LogP) is 5.20. The van der Waals surface area contributed by atoms with E-state index in [1.54, 1.807) is 6.92 Å². The zero-order valence-corrected chi connectivity index (χ0v) is 18.0. The Morgan fingerprint density at radius 2 is 1.75 bits per heavy atom. The Morgan fingerprint density at radius 3 is 2.39 bits per heavy atom. The van der Waals surface area contributed by atoms with Crippen molar-refractivity contribution in [2.45, 2.75) is 97.8 Å². The average Bonchev–Trinajstić information content (AvgIpc) is 2.99. The van der Waals surface area contributed by atoms with Gasteiger partial charge in [-0.1, -0.05) is 72.1 Å². The Hall–Kier alpha value is -1.39. The first-order valence-corrected chi connectivity index (χ1v) is 11.4. The Kier molecular flexibility index (Phi) is 8.97. The molecular weight excluding hydrogens is 356 g/mol. The average molecular weight is 395 g/mol. The number of carbonyl (C=O) groups excluding carboxylic acids is 3. The minimum absolute atomic E-state index is 0.181. The van der Waals surface area contributed by atoms with Crippen LogP contribution in [0.1, 0.15) is 97.8 Å². The minimum Gasteiger partial charge on any atom is -0.465 e. The van der Waals surface area contributed by atoms with E-state index in [1.165, 1.54) is 0 Å². The van der Waals surface area contributed by atoms with Gasteiger partial charge in [0.2, 0.25) is 0 Å². The molecule has 0 amide bonds. The van der Waals surface area contributed by atoms with Crippen LogP contribution < -0.4 is 0 Å². The van der Waals surface area contributed by atoms with E-state index < -0.39 is 29.2 Å². The minimum atomic E-state index is -0.548. The third-order valence-corrected chi connectivity index (χ3v) is 6.96. The molecule has 2 aliphatic rings. The van der Waals surface area contributed by atoms with Crippen LogP contribution in [-0.4, -0.2) is 24.5 Å². The van der Waals surface area contributed by atoms with Crippen LogP contribution in [0.15, 0.2) is 0 Å². The van der Waals surface area contributed by atoms with Gasteiger partial charge in [0, 0.05) is 0 Å². The van der Waals surface area contributed by atoms with Crippen molar-refractivity contribution in [2.75, 3.05) is 6.61 Å². The van der Waals surface area contributed by atoms with Crippen LogP contribution in [0, 0.1) is 23.2 Å². The maximum Gasteiger partial charge on any atom is 0.318 e. The summed E-state index contributed by atoms with van der Waals surface area (Å²) in [6, 6.07) is 0. The van der Waals surface area contributed by atoms with Gasteiger partial charge in [0.1, 0.15) is 0 Å². The summed E-state index contributed by atoms with van der Waals surface area (Å²) >= 11 is 0. The quantitative estimate of drug-likeness (QED) is 0.321. The van der Waals surface area contributed by atoms with Crippen molar-refractivity contribution in [1.29, 1.82) is 0 Å². The summed E-state index contributed by atoms with van der Waals surface area (Å²) in [4.78, 5) is 37.9. The van der Waals surface area contributed by atoms with Gasteiger partial charge in [-0.15, -0.1) is 0 Å². The van der Waals surface area contributed by atoms with E-state index >= 15 is 0 Å². The second-order valence-corrected chi connectivity index (χ2v) is 8.68. The van der Waals surface area contributed by atoms with Crippen LogP contribution in [0.25, 0.3) is 0 Å². The van der Waals surface area contributed by atoms with Crippen molar-refractivity contribution >= 4 is 17.9 Å². The first-order chi connectivity index (χ1) is 13.5. The van der Waals surface area contributed by atoms with Crippen molar-refractivity contribution in [3.8, 4) is 0 Å².